The maximum Gasteiger partial charge on any atom is 0.258 e. The lowest BCUT2D eigenvalue weighted by molar-refractivity contribution is 0.102. The van der Waals surface area contributed by atoms with Crippen molar-refractivity contribution in [3.8, 4) is 0 Å². The van der Waals surface area contributed by atoms with Gasteiger partial charge < -0.3 is 15.5 Å². The summed E-state index contributed by atoms with van der Waals surface area (Å²) in [4.78, 5) is 19.1. The first-order chi connectivity index (χ1) is 15.4. The van der Waals surface area contributed by atoms with Gasteiger partial charge in [0.2, 0.25) is 0 Å². The summed E-state index contributed by atoms with van der Waals surface area (Å²) in [6.07, 6.45) is 1.78. The van der Waals surface area contributed by atoms with Gasteiger partial charge >= 0.3 is 0 Å². The Labute approximate surface area is 216 Å². The van der Waals surface area contributed by atoms with Crippen molar-refractivity contribution >= 4 is 68.4 Å². The molecule has 1 amide bonds. The first kappa shape index (κ1) is 24.4. The molecular weight excluding hydrogens is 628 g/mol. The second kappa shape index (κ2) is 11.6. The summed E-state index contributed by atoms with van der Waals surface area (Å²) < 4.78 is 1.70. The molecule has 0 bridgehead atoms. The minimum absolute atomic E-state index is 0.191. The molecule has 0 unspecified atom stereocenters. The van der Waals surface area contributed by atoms with E-state index in [-0.39, 0.29) is 5.91 Å². The molecule has 2 aromatic carbocycles. The van der Waals surface area contributed by atoms with E-state index in [9.17, 15) is 4.79 Å². The lowest BCUT2D eigenvalue weighted by Gasteiger charge is -2.15. The molecule has 3 rings (SSSR count). The van der Waals surface area contributed by atoms with Crippen LogP contribution in [0.5, 0.6) is 0 Å². The Bertz CT molecular complexity index is 1080. The fraction of sp³-hybridized carbons (Fsp3) is 0.208. The van der Waals surface area contributed by atoms with Gasteiger partial charge in [-0.2, -0.15) is 0 Å². The number of carbonyl (C=O) groups is 1. The number of benzene rings is 2. The van der Waals surface area contributed by atoms with E-state index < -0.39 is 0 Å². The normalized spacial score (nSPS) is 10.5. The van der Waals surface area contributed by atoms with E-state index in [1.54, 1.807) is 11.1 Å². The highest BCUT2D eigenvalue weighted by Crippen LogP contribution is 2.22. The summed E-state index contributed by atoms with van der Waals surface area (Å²) in [7, 11) is 3.72. The third-order valence-corrected chi connectivity index (χ3v) is 6.62. The predicted octanol–water partition coefficient (Wildman–Crippen LogP) is 5.70. The Morgan fingerprint density at radius 3 is 2.22 bits per heavy atom. The van der Waals surface area contributed by atoms with Gasteiger partial charge in [0.25, 0.3) is 5.91 Å². The lowest BCUT2D eigenvalue weighted by Crippen LogP contribution is -2.21. The van der Waals surface area contributed by atoms with Crippen molar-refractivity contribution < 1.29 is 4.79 Å². The molecule has 6 nitrogen and oxygen atoms in total. The van der Waals surface area contributed by atoms with Crippen LogP contribution in [0.4, 0.5) is 11.5 Å². The molecule has 0 saturated carbocycles. The zero-order valence-electron chi connectivity index (χ0n) is 18.0. The van der Waals surface area contributed by atoms with E-state index in [1.165, 1.54) is 0 Å². The number of alkyl halides is 2. The molecule has 0 spiro atoms. The van der Waals surface area contributed by atoms with Gasteiger partial charge in [-0.25, -0.2) is 4.98 Å². The summed E-state index contributed by atoms with van der Waals surface area (Å²) in [5.74, 6) is 0.815. The van der Waals surface area contributed by atoms with Gasteiger partial charge in [-0.3, -0.25) is 10.2 Å². The van der Waals surface area contributed by atoms with E-state index in [0.29, 0.717) is 23.8 Å². The van der Waals surface area contributed by atoms with Crippen molar-refractivity contribution in [3.63, 3.8) is 0 Å². The SMILES string of the molecule is CN(C)C(=N)c1ccc(CNc2ccc(CI)cc2C(=O)Nc2ccc(CI)cn2)cc1. The molecule has 3 N–H and O–H groups in total. The van der Waals surface area contributed by atoms with Crippen molar-refractivity contribution in [2.45, 2.75) is 15.4 Å². The second-order valence-corrected chi connectivity index (χ2v) is 8.97. The van der Waals surface area contributed by atoms with Crippen molar-refractivity contribution in [2.75, 3.05) is 24.7 Å². The van der Waals surface area contributed by atoms with E-state index in [2.05, 4.69) is 60.8 Å². The third-order valence-electron chi connectivity index (χ3n) is 4.86. The van der Waals surface area contributed by atoms with Gasteiger partial charge in [0.15, 0.2) is 0 Å². The Balaban J connectivity index is 1.75. The minimum Gasteiger partial charge on any atom is -0.380 e. The molecule has 0 aliphatic carbocycles. The van der Waals surface area contributed by atoms with Crippen LogP contribution in [0.15, 0.2) is 60.8 Å². The van der Waals surface area contributed by atoms with E-state index in [1.807, 2.05) is 68.7 Å². The smallest absolute Gasteiger partial charge is 0.258 e. The van der Waals surface area contributed by atoms with Crippen molar-refractivity contribution in [1.82, 2.24) is 9.88 Å². The van der Waals surface area contributed by atoms with Gasteiger partial charge in [-0.05, 0) is 34.9 Å². The monoisotopic (exact) mass is 653 g/mol. The molecule has 8 heteroatoms. The van der Waals surface area contributed by atoms with Gasteiger partial charge in [-0.15, -0.1) is 0 Å². The Morgan fingerprint density at radius 2 is 1.62 bits per heavy atom. The molecule has 1 aromatic heterocycles. The number of aromatic nitrogens is 1. The number of amidine groups is 1. The topological polar surface area (TPSA) is 81.1 Å². The zero-order chi connectivity index (χ0) is 23.1. The lowest BCUT2D eigenvalue weighted by atomic mass is 10.1. The molecule has 3 aromatic rings. The Morgan fingerprint density at radius 1 is 0.969 bits per heavy atom. The average molecular weight is 653 g/mol. The summed E-state index contributed by atoms with van der Waals surface area (Å²) in [6, 6.07) is 17.6. The molecular formula is C24H25I2N5O. The van der Waals surface area contributed by atoms with Crippen LogP contribution < -0.4 is 10.6 Å². The first-order valence-electron chi connectivity index (χ1n) is 10.0. The first-order valence-corrected chi connectivity index (χ1v) is 13.1. The van der Waals surface area contributed by atoms with Crippen LogP contribution in [0.3, 0.4) is 0 Å². The highest BCUT2D eigenvalue weighted by atomic mass is 127. The molecule has 166 valence electrons. The number of nitrogens with one attached hydrogen (secondary N) is 3. The molecule has 32 heavy (non-hydrogen) atoms. The van der Waals surface area contributed by atoms with Crippen LogP contribution in [0.2, 0.25) is 0 Å². The number of rotatable bonds is 8. The van der Waals surface area contributed by atoms with Crippen LogP contribution >= 0.6 is 45.2 Å². The van der Waals surface area contributed by atoms with Gasteiger partial charge in [0.1, 0.15) is 11.7 Å². The largest absolute Gasteiger partial charge is 0.380 e. The summed E-state index contributed by atoms with van der Waals surface area (Å²) in [5.41, 5.74) is 5.49. The van der Waals surface area contributed by atoms with Crippen LogP contribution in [0.25, 0.3) is 0 Å². The minimum atomic E-state index is -0.191. The number of halogens is 2. The third kappa shape index (κ3) is 6.41. The van der Waals surface area contributed by atoms with Crippen molar-refractivity contribution in [3.05, 3.63) is 88.6 Å². The molecule has 0 fully saturated rings. The molecule has 0 aliphatic rings. The molecule has 0 aliphatic heterocycles. The highest BCUT2D eigenvalue weighted by molar-refractivity contribution is 14.1. The molecule has 0 saturated heterocycles. The maximum absolute atomic E-state index is 13.0. The van der Waals surface area contributed by atoms with Crippen molar-refractivity contribution in [1.29, 1.82) is 5.41 Å². The summed E-state index contributed by atoms with van der Waals surface area (Å²) in [5, 5.41) is 14.4. The summed E-state index contributed by atoms with van der Waals surface area (Å²) >= 11 is 4.58. The second-order valence-electron chi connectivity index (χ2n) is 7.45. The number of pyridine rings is 1. The fourth-order valence-electron chi connectivity index (χ4n) is 3.01. The molecule has 0 radical (unpaired) electrons. The van der Waals surface area contributed by atoms with E-state index in [4.69, 9.17) is 5.41 Å². The maximum atomic E-state index is 13.0. The quantitative estimate of drug-likeness (QED) is 0.126. The zero-order valence-corrected chi connectivity index (χ0v) is 22.3. The van der Waals surface area contributed by atoms with E-state index in [0.717, 1.165) is 36.8 Å². The summed E-state index contributed by atoms with van der Waals surface area (Å²) in [6.45, 7) is 0.571. The number of anilines is 2. The molecule has 0 atom stereocenters. The van der Waals surface area contributed by atoms with Crippen LogP contribution in [0, 0.1) is 5.41 Å². The molecule has 1 heterocycles. The number of carbonyl (C=O) groups excluding carboxylic acids is 1. The highest BCUT2D eigenvalue weighted by Gasteiger charge is 2.14. The average Bonchev–Trinajstić information content (AvgIpc) is 2.82. The van der Waals surface area contributed by atoms with Gasteiger partial charge in [0, 0.05) is 46.9 Å². The Hall–Kier alpha value is -2.21. The number of hydrogen-bond acceptors (Lipinski definition) is 4. The predicted molar refractivity (Wildman–Crippen MR) is 148 cm³/mol. The van der Waals surface area contributed by atoms with Crippen LogP contribution in [-0.4, -0.2) is 35.7 Å². The number of amides is 1. The van der Waals surface area contributed by atoms with Crippen molar-refractivity contribution in [2.24, 2.45) is 0 Å². The van der Waals surface area contributed by atoms with Crippen LogP contribution in [0.1, 0.15) is 32.6 Å². The number of nitrogens with zero attached hydrogens (tertiary/aromatic N) is 2. The standard InChI is InChI=1S/C24H25I2N5O/c1-31(2)23(27)19-7-3-16(4-8-19)14-28-21-9-5-17(12-25)11-20(21)24(32)30-22-10-6-18(13-26)15-29-22/h3-11,15,27-28H,12-14H2,1-2H3,(H,29,30,32). The van der Waals surface area contributed by atoms with E-state index >= 15 is 0 Å². The number of hydrogen-bond donors (Lipinski definition) is 3. The van der Waals surface area contributed by atoms with Gasteiger partial charge in [0.05, 0.1) is 5.56 Å². The fourth-order valence-corrected chi connectivity index (χ4v) is 3.94. The van der Waals surface area contributed by atoms with Crippen LogP contribution in [-0.2, 0) is 15.4 Å². The van der Waals surface area contributed by atoms with Gasteiger partial charge in [-0.1, -0.05) is 81.6 Å². The Kier molecular flexibility index (Phi) is 8.85.